The first-order valence-electron chi connectivity index (χ1n) is 4.58. The molecule has 82 valence electrons. The summed E-state index contributed by atoms with van der Waals surface area (Å²) in [5.74, 6) is 0.848. The normalized spacial score (nSPS) is 10.4. The van der Waals surface area contributed by atoms with Crippen LogP contribution in [0, 0.1) is 0 Å². The van der Waals surface area contributed by atoms with Crippen molar-refractivity contribution in [2.45, 2.75) is 10.8 Å². The van der Waals surface area contributed by atoms with Crippen LogP contribution in [-0.4, -0.2) is 9.97 Å². The Morgan fingerprint density at radius 2 is 2.12 bits per heavy atom. The lowest BCUT2D eigenvalue weighted by Crippen LogP contribution is -1.84. The smallest absolute Gasteiger partial charge is 0.0964 e. The molecular formula is C11H8BrClN2S. The van der Waals surface area contributed by atoms with Gasteiger partial charge in [0.05, 0.1) is 10.0 Å². The highest BCUT2D eigenvalue weighted by Crippen LogP contribution is 2.22. The van der Waals surface area contributed by atoms with Crippen LogP contribution in [0.1, 0.15) is 5.56 Å². The van der Waals surface area contributed by atoms with Crippen molar-refractivity contribution in [3.05, 3.63) is 51.8 Å². The Morgan fingerprint density at radius 1 is 1.25 bits per heavy atom. The zero-order valence-electron chi connectivity index (χ0n) is 8.23. The van der Waals surface area contributed by atoms with Crippen molar-refractivity contribution in [1.82, 2.24) is 9.97 Å². The number of rotatable bonds is 3. The lowest BCUT2D eigenvalue weighted by atomic mass is 10.3. The summed E-state index contributed by atoms with van der Waals surface area (Å²) in [7, 11) is 0. The molecule has 0 unspecified atom stereocenters. The van der Waals surface area contributed by atoms with Gasteiger partial charge in [-0.25, -0.2) is 4.98 Å². The average Bonchev–Trinajstić information content (AvgIpc) is 2.28. The summed E-state index contributed by atoms with van der Waals surface area (Å²) in [6.07, 6.45) is 5.28. The fourth-order valence-corrected chi connectivity index (χ4v) is 2.43. The van der Waals surface area contributed by atoms with Crippen LogP contribution >= 0.6 is 39.3 Å². The van der Waals surface area contributed by atoms with Crippen molar-refractivity contribution in [2.24, 2.45) is 0 Å². The maximum Gasteiger partial charge on any atom is 0.0964 e. The number of hydrogen-bond donors (Lipinski definition) is 0. The Kier molecular flexibility index (Phi) is 4.21. The maximum absolute atomic E-state index is 5.76. The molecule has 0 aliphatic carbocycles. The summed E-state index contributed by atoms with van der Waals surface area (Å²) < 4.78 is 0.995. The van der Waals surface area contributed by atoms with E-state index in [0.717, 1.165) is 20.8 Å². The van der Waals surface area contributed by atoms with Crippen LogP contribution in [0.15, 0.2) is 46.3 Å². The fourth-order valence-electron chi connectivity index (χ4n) is 1.14. The molecule has 2 aromatic heterocycles. The zero-order valence-corrected chi connectivity index (χ0v) is 11.4. The van der Waals surface area contributed by atoms with Crippen molar-refractivity contribution >= 4 is 39.3 Å². The van der Waals surface area contributed by atoms with E-state index in [0.29, 0.717) is 5.02 Å². The van der Waals surface area contributed by atoms with Crippen LogP contribution in [0.2, 0.25) is 5.02 Å². The first-order chi connectivity index (χ1) is 7.74. The molecule has 0 amide bonds. The molecule has 0 saturated heterocycles. The predicted octanol–water partition coefficient (Wildman–Crippen LogP) is 4.18. The summed E-state index contributed by atoms with van der Waals surface area (Å²) in [6.45, 7) is 0. The second-order valence-corrected chi connectivity index (χ2v) is 5.46. The zero-order chi connectivity index (χ0) is 11.4. The van der Waals surface area contributed by atoms with Gasteiger partial charge >= 0.3 is 0 Å². The SMILES string of the molecule is Clc1ccc(SCc2cncc(Br)c2)nc1. The number of pyridine rings is 2. The molecule has 0 fully saturated rings. The molecular weight excluding hydrogens is 308 g/mol. The lowest BCUT2D eigenvalue weighted by Gasteiger charge is -2.01. The van der Waals surface area contributed by atoms with E-state index in [9.17, 15) is 0 Å². The van der Waals surface area contributed by atoms with Crippen LogP contribution in [0.25, 0.3) is 0 Å². The molecule has 2 rings (SSSR count). The molecule has 0 aliphatic heterocycles. The van der Waals surface area contributed by atoms with Gasteiger partial charge in [-0.3, -0.25) is 4.98 Å². The van der Waals surface area contributed by atoms with Crippen LogP contribution in [0.5, 0.6) is 0 Å². The molecule has 2 heterocycles. The first kappa shape index (κ1) is 11.9. The third kappa shape index (κ3) is 3.47. The number of thioether (sulfide) groups is 1. The highest BCUT2D eigenvalue weighted by Gasteiger charge is 1.99. The van der Waals surface area contributed by atoms with E-state index in [1.165, 1.54) is 0 Å². The minimum atomic E-state index is 0.661. The Bertz CT molecular complexity index is 476. The quantitative estimate of drug-likeness (QED) is 0.794. The summed E-state index contributed by atoms with van der Waals surface area (Å²) in [6, 6.07) is 5.81. The Morgan fingerprint density at radius 3 is 2.81 bits per heavy atom. The van der Waals surface area contributed by atoms with Crippen LogP contribution < -0.4 is 0 Å². The molecule has 2 nitrogen and oxygen atoms in total. The maximum atomic E-state index is 5.76. The Labute approximate surface area is 112 Å². The van der Waals surface area contributed by atoms with E-state index in [-0.39, 0.29) is 0 Å². The molecule has 0 aromatic carbocycles. The van der Waals surface area contributed by atoms with Crippen LogP contribution in [0.3, 0.4) is 0 Å². The monoisotopic (exact) mass is 314 g/mol. The van der Waals surface area contributed by atoms with Gasteiger partial charge in [0.1, 0.15) is 0 Å². The summed E-state index contributed by atoms with van der Waals surface area (Å²) in [5.41, 5.74) is 1.16. The topological polar surface area (TPSA) is 25.8 Å². The minimum Gasteiger partial charge on any atom is -0.263 e. The van der Waals surface area contributed by atoms with Crippen molar-refractivity contribution in [3.8, 4) is 0 Å². The molecule has 2 aromatic rings. The highest BCUT2D eigenvalue weighted by molar-refractivity contribution is 9.10. The van der Waals surface area contributed by atoms with Gasteiger partial charge in [-0.05, 0) is 39.7 Å². The number of halogens is 2. The molecule has 0 spiro atoms. The van der Waals surface area contributed by atoms with Gasteiger partial charge in [-0.2, -0.15) is 0 Å². The van der Waals surface area contributed by atoms with E-state index >= 15 is 0 Å². The lowest BCUT2D eigenvalue weighted by molar-refractivity contribution is 1.13. The van der Waals surface area contributed by atoms with E-state index in [4.69, 9.17) is 11.6 Å². The summed E-state index contributed by atoms with van der Waals surface area (Å²) >= 11 is 10.8. The van der Waals surface area contributed by atoms with Gasteiger partial charge < -0.3 is 0 Å². The summed E-state index contributed by atoms with van der Waals surface area (Å²) in [4.78, 5) is 8.32. The van der Waals surface area contributed by atoms with E-state index < -0.39 is 0 Å². The summed E-state index contributed by atoms with van der Waals surface area (Å²) in [5, 5.41) is 1.62. The fraction of sp³-hybridized carbons (Fsp3) is 0.0909. The van der Waals surface area contributed by atoms with Gasteiger partial charge in [0.25, 0.3) is 0 Å². The largest absolute Gasteiger partial charge is 0.263 e. The van der Waals surface area contributed by atoms with Gasteiger partial charge in [0.15, 0.2) is 0 Å². The van der Waals surface area contributed by atoms with Crippen molar-refractivity contribution in [2.75, 3.05) is 0 Å². The van der Waals surface area contributed by atoms with Gasteiger partial charge in [0, 0.05) is 28.8 Å². The number of hydrogen-bond acceptors (Lipinski definition) is 3. The van der Waals surface area contributed by atoms with Gasteiger partial charge in [-0.15, -0.1) is 11.8 Å². The molecule has 16 heavy (non-hydrogen) atoms. The van der Waals surface area contributed by atoms with E-state index in [1.807, 2.05) is 18.3 Å². The highest BCUT2D eigenvalue weighted by atomic mass is 79.9. The van der Waals surface area contributed by atoms with E-state index in [2.05, 4.69) is 32.0 Å². The second-order valence-electron chi connectivity index (χ2n) is 3.11. The van der Waals surface area contributed by atoms with Gasteiger partial charge in [-0.1, -0.05) is 11.6 Å². The van der Waals surface area contributed by atoms with Crippen molar-refractivity contribution in [1.29, 1.82) is 0 Å². The standard InChI is InChI=1S/C11H8BrClN2S/c12-9-3-8(4-14-5-9)7-16-11-2-1-10(13)6-15-11/h1-6H,7H2. The molecule has 5 heteroatoms. The third-order valence-electron chi connectivity index (χ3n) is 1.85. The van der Waals surface area contributed by atoms with Gasteiger partial charge in [0.2, 0.25) is 0 Å². The predicted molar refractivity (Wildman–Crippen MR) is 70.7 cm³/mol. The molecule has 0 N–H and O–H groups in total. The van der Waals surface area contributed by atoms with Crippen molar-refractivity contribution < 1.29 is 0 Å². The first-order valence-corrected chi connectivity index (χ1v) is 6.73. The molecule has 0 aliphatic rings. The van der Waals surface area contributed by atoms with Crippen LogP contribution in [0.4, 0.5) is 0 Å². The molecule has 0 radical (unpaired) electrons. The van der Waals surface area contributed by atoms with Crippen molar-refractivity contribution in [3.63, 3.8) is 0 Å². The Balaban J connectivity index is 1.99. The average molecular weight is 316 g/mol. The van der Waals surface area contributed by atoms with Crippen LogP contribution in [-0.2, 0) is 5.75 Å². The Hall–Kier alpha value is -0.580. The number of aromatic nitrogens is 2. The second kappa shape index (κ2) is 5.66. The molecule has 0 atom stereocenters. The minimum absolute atomic E-state index is 0.661. The number of nitrogens with zero attached hydrogens (tertiary/aromatic N) is 2. The third-order valence-corrected chi connectivity index (χ3v) is 3.52. The van der Waals surface area contributed by atoms with E-state index in [1.54, 1.807) is 24.2 Å². The molecule has 0 bridgehead atoms. The molecule has 0 saturated carbocycles.